The van der Waals surface area contributed by atoms with Gasteiger partial charge in [-0.05, 0) is 45.4 Å². The number of rotatable bonds is 0. The number of nitrogens with zero attached hydrogens (tertiary/aromatic N) is 4. The summed E-state index contributed by atoms with van der Waals surface area (Å²) < 4.78 is 0. The second kappa shape index (κ2) is 7.18. The Morgan fingerprint density at radius 2 is 1.00 bits per heavy atom. The molecule has 0 aromatic carbocycles. The summed E-state index contributed by atoms with van der Waals surface area (Å²) in [5, 5.41) is 10.5. The Kier molecular flexibility index (Phi) is 5.29. The van der Waals surface area contributed by atoms with E-state index in [4.69, 9.17) is 0 Å². The Morgan fingerprint density at radius 3 is 1.55 bits per heavy atom. The fourth-order valence-electron chi connectivity index (χ4n) is 3.76. The van der Waals surface area contributed by atoms with E-state index in [-0.39, 0.29) is 6.23 Å². The molecule has 4 rings (SSSR count). The van der Waals surface area contributed by atoms with Crippen molar-refractivity contribution < 1.29 is 5.11 Å². The lowest BCUT2D eigenvalue weighted by Crippen LogP contribution is -2.43. The summed E-state index contributed by atoms with van der Waals surface area (Å²) in [6.45, 7) is 12.6. The number of aliphatic hydroxyl groups is 1. The highest BCUT2D eigenvalue weighted by molar-refractivity contribution is 4.77. The van der Waals surface area contributed by atoms with Gasteiger partial charge in [-0.25, -0.2) is 0 Å². The zero-order valence-electron chi connectivity index (χ0n) is 12.7. The zero-order valence-corrected chi connectivity index (χ0v) is 12.7. The third kappa shape index (κ3) is 3.92. The number of hydrogen-bond acceptors (Lipinski definition) is 5. The van der Waals surface area contributed by atoms with Gasteiger partial charge in [0.2, 0.25) is 0 Å². The number of hydrogen-bond donors (Lipinski definition) is 1. The van der Waals surface area contributed by atoms with Crippen LogP contribution in [0.25, 0.3) is 0 Å². The molecular formula is C15H30N4O. The summed E-state index contributed by atoms with van der Waals surface area (Å²) in [7, 11) is 0. The van der Waals surface area contributed by atoms with Crippen LogP contribution in [0.2, 0.25) is 0 Å². The maximum Gasteiger partial charge on any atom is 0.108 e. The topological polar surface area (TPSA) is 33.2 Å². The molecule has 0 aromatic rings. The largest absolute Gasteiger partial charge is 0.378 e. The Hall–Kier alpha value is -0.200. The monoisotopic (exact) mass is 282 g/mol. The summed E-state index contributed by atoms with van der Waals surface area (Å²) in [6.07, 6.45) is 3.20. The van der Waals surface area contributed by atoms with Crippen molar-refractivity contribution >= 4 is 0 Å². The van der Waals surface area contributed by atoms with Crippen molar-refractivity contribution in [1.82, 2.24) is 19.6 Å². The Bertz CT molecular complexity index is 278. The van der Waals surface area contributed by atoms with Crippen molar-refractivity contribution in [2.24, 2.45) is 0 Å². The van der Waals surface area contributed by atoms with Gasteiger partial charge in [-0.1, -0.05) is 0 Å². The molecule has 2 unspecified atom stereocenters. The van der Waals surface area contributed by atoms with Gasteiger partial charge in [-0.15, -0.1) is 0 Å². The molecule has 0 saturated carbocycles. The normalized spacial score (nSPS) is 44.0. The van der Waals surface area contributed by atoms with Gasteiger partial charge in [-0.3, -0.25) is 4.90 Å². The number of aliphatic hydroxyl groups excluding tert-OH is 1. The molecule has 4 aliphatic rings. The van der Waals surface area contributed by atoms with Gasteiger partial charge in [0.15, 0.2) is 0 Å². The highest BCUT2D eigenvalue weighted by Gasteiger charge is 2.23. The van der Waals surface area contributed by atoms with Crippen LogP contribution >= 0.6 is 0 Å². The molecule has 4 bridgehead atoms. The summed E-state index contributed by atoms with van der Waals surface area (Å²) >= 11 is 0. The van der Waals surface area contributed by atoms with Crippen molar-refractivity contribution in [3.63, 3.8) is 0 Å². The minimum absolute atomic E-state index is 0.254. The van der Waals surface area contributed by atoms with E-state index >= 15 is 0 Å². The third-order valence-electron chi connectivity index (χ3n) is 5.16. The first-order valence-corrected chi connectivity index (χ1v) is 8.40. The van der Waals surface area contributed by atoms with Crippen LogP contribution in [0.4, 0.5) is 0 Å². The van der Waals surface area contributed by atoms with Gasteiger partial charge < -0.3 is 19.8 Å². The lowest BCUT2D eigenvalue weighted by molar-refractivity contribution is -0.0102. The minimum Gasteiger partial charge on any atom is -0.378 e. The van der Waals surface area contributed by atoms with Gasteiger partial charge in [-0.2, -0.15) is 0 Å². The molecule has 0 aromatic heterocycles. The second-order valence-corrected chi connectivity index (χ2v) is 6.54. The molecule has 4 fully saturated rings. The lowest BCUT2D eigenvalue weighted by atomic mass is 10.2. The molecular weight excluding hydrogens is 252 g/mol. The molecule has 5 heteroatoms. The van der Waals surface area contributed by atoms with E-state index < -0.39 is 0 Å². The van der Waals surface area contributed by atoms with Crippen LogP contribution in [0.1, 0.15) is 19.3 Å². The average Bonchev–Trinajstić information content (AvgIpc) is 2.48. The Labute approximate surface area is 123 Å². The molecule has 116 valence electrons. The van der Waals surface area contributed by atoms with Crippen molar-refractivity contribution in [1.29, 1.82) is 0 Å². The molecule has 0 spiro atoms. The van der Waals surface area contributed by atoms with Gasteiger partial charge >= 0.3 is 0 Å². The van der Waals surface area contributed by atoms with Crippen molar-refractivity contribution in [2.75, 3.05) is 72.0 Å². The molecule has 3 atom stereocenters. The second-order valence-electron chi connectivity index (χ2n) is 6.54. The summed E-state index contributed by atoms with van der Waals surface area (Å²) in [5.74, 6) is 0. The molecule has 4 aliphatic heterocycles. The highest BCUT2D eigenvalue weighted by atomic mass is 16.3. The van der Waals surface area contributed by atoms with E-state index in [0.717, 1.165) is 39.1 Å². The van der Waals surface area contributed by atoms with Gasteiger partial charge in [0.1, 0.15) is 6.23 Å². The van der Waals surface area contributed by atoms with E-state index in [2.05, 4.69) is 19.6 Å². The van der Waals surface area contributed by atoms with Crippen LogP contribution < -0.4 is 0 Å². The van der Waals surface area contributed by atoms with Crippen molar-refractivity contribution in [3.05, 3.63) is 0 Å². The molecule has 0 radical (unpaired) electrons. The maximum absolute atomic E-state index is 10.5. The van der Waals surface area contributed by atoms with Crippen LogP contribution in [-0.2, 0) is 0 Å². The lowest BCUT2D eigenvalue weighted by Gasteiger charge is -2.29. The van der Waals surface area contributed by atoms with Crippen LogP contribution in [-0.4, -0.2) is 103 Å². The molecule has 1 N–H and O–H groups in total. The summed E-state index contributed by atoms with van der Waals surface area (Å²) in [4.78, 5) is 10.1. The van der Waals surface area contributed by atoms with Crippen LogP contribution in [0.3, 0.4) is 0 Å². The fourth-order valence-corrected chi connectivity index (χ4v) is 3.76. The van der Waals surface area contributed by atoms with Crippen molar-refractivity contribution in [2.45, 2.75) is 25.5 Å². The molecule has 4 heterocycles. The smallest absolute Gasteiger partial charge is 0.108 e. The standard InChI is InChI=1S/C15H30N4O/c20-15-3-8-16-4-1-6-17-9-10-18(7-2-5-16)12-14-19(15)13-11-17/h15,20H,1-14H2/t15-/m1/s1. The predicted molar refractivity (Wildman–Crippen MR) is 80.8 cm³/mol. The van der Waals surface area contributed by atoms with Crippen LogP contribution in [0, 0.1) is 0 Å². The van der Waals surface area contributed by atoms with E-state index in [1.807, 2.05) is 0 Å². The average molecular weight is 282 g/mol. The highest BCUT2D eigenvalue weighted by Crippen LogP contribution is 2.12. The van der Waals surface area contributed by atoms with Crippen LogP contribution in [0.15, 0.2) is 0 Å². The zero-order chi connectivity index (χ0) is 13.8. The fraction of sp³-hybridized carbons (Fsp3) is 1.00. The van der Waals surface area contributed by atoms with Gasteiger partial charge in [0.25, 0.3) is 0 Å². The first kappa shape index (κ1) is 14.7. The summed E-state index contributed by atoms with van der Waals surface area (Å²) in [6, 6.07) is 0. The summed E-state index contributed by atoms with van der Waals surface area (Å²) in [5.41, 5.74) is 0. The third-order valence-corrected chi connectivity index (χ3v) is 5.16. The maximum atomic E-state index is 10.5. The van der Waals surface area contributed by atoms with Gasteiger partial charge in [0, 0.05) is 45.8 Å². The SMILES string of the molecule is O[C@@H]1CCN2CCCN3CCN(CCC2)CCN1CC3. The van der Waals surface area contributed by atoms with E-state index in [0.29, 0.717) is 0 Å². The van der Waals surface area contributed by atoms with E-state index in [9.17, 15) is 5.11 Å². The van der Waals surface area contributed by atoms with Gasteiger partial charge in [0.05, 0.1) is 0 Å². The Morgan fingerprint density at radius 1 is 0.550 bits per heavy atom. The molecule has 0 aliphatic carbocycles. The Balaban J connectivity index is 1.81. The molecule has 0 amide bonds. The predicted octanol–water partition coefficient (Wildman–Crippen LogP) is -0.276. The van der Waals surface area contributed by atoms with Crippen LogP contribution in [0.5, 0.6) is 0 Å². The molecule has 5 nitrogen and oxygen atoms in total. The van der Waals surface area contributed by atoms with Crippen molar-refractivity contribution in [3.8, 4) is 0 Å². The van der Waals surface area contributed by atoms with E-state index in [1.54, 1.807) is 0 Å². The first-order valence-electron chi connectivity index (χ1n) is 8.40. The number of fused-ring (bicyclic) bond motifs is 9. The molecule has 4 saturated heterocycles. The quantitative estimate of drug-likeness (QED) is 0.661. The molecule has 20 heavy (non-hydrogen) atoms. The van der Waals surface area contributed by atoms with E-state index in [1.165, 1.54) is 52.1 Å². The minimum atomic E-state index is -0.254. The first-order chi connectivity index (χ1) is 9.81.